The highest BCUT2D eigenvalue weighted by Crippen LogP contribution is 2.29. The molecular formula is C12H11N3O4. The number of carbonyl (C=O) groups excluding carboxylic acids is 2. The fourth-order valence-electron chi connectivity index (χ4n) is 1.52. The van der Waals surface area contributed by atoms with Crippen LogP contribution in [0, 0.1) is 0 Å². The van der Waals surface area contributed by atoms with Gasteiger partial charge in [0, 0.05) is 24.0 Å². The largest absolute Gasteiger partial charge is 0.463 e. The highest BCUT2D eigenvalue weighted by Gasteiger charge is 2.20. The van der Waals surface area contributed by atoms with E-state index < -0.39 is 12.0 Å². The van der Waals surface area contributed by atoms with Crippen LogP contribution in [0.15, 0.2) is 35.0 Å². The number of ether oxygens (including phenoxy) is 1. The van der Waals surface area contributed by atoms with Crippen molar-refractivity contribution in [2.24, 2.45) is 5.73 Å². The van der Waals surface area contributed by atoms with E-state index in [4.69, 9.17) is 10.2 Å². The van der Waals surface area contributed by atoms with Gasteiger partial charge in [-0.3, -0.25) is 4.98 Å². The Hall–Kier alpha value is -2.83. The van der Waals surface area contributed by atoms with E-state index >= 15 is 0 Å². The van der Waals surface area contributed by atoms with Crippen LogP contribution in [0.5, 0.6) is 0 Å². The topological polar surface area (TPSA) is 107 Å². The molecule has 0 aliphatic heterocycles. The molecular weight excluding hydrogens is 250 g/mol. The Balaban J connectivity index is 2.45. The molecule has 2 aromatic heterocycles. The first kappa shape index (κ1) is 12.6. The fraction of sp³-hybridized carbons (Fsp3) is 0.0833. The molecule has 0 saturated carbocycles. The van der Waals surface area contributed by atoms with Crippen LogP contribution in [0.3, 0.4) is 0 Å². The summed E-state index contributed by atoms with van der Waals surface area (Å²) in [7, 11) is 1.21. The maximum absolute atomic E-state index is 11.5. The summed E-state index contributed by atoms with van der Waals surface area (Å²) in [4.78, 5) is 26.3. The highest BCUT2D eigenvalue weighted by atomic mass is 16.5. The van der Waals surface area contributed by atoms with Crippen LogP contribution in [0.25, 0.3) is 11.3 Å². The number of hydrogen-bond acceptors (Lipinski definition) is 5. The number of pyridine rings is 1. The lowest BCUT2D eigenvalue weighted by Gasteiger charge is -1.99. The third kappa shape index (κ3) is 2.71. The predicted molar refractivity (Wildman–Crippen MR) is 66.5 cm³/mol. The Bertz CT molecular complexity index is 607. The molecule has 7 heteroatoms. The van der Waals surface area contributed by atoms with Crippen LogP contribution in [-0.4, -0.2) is 24.1 Å². The maximum Gasteiger partial charge on any atom is 0.376 e. The number of furan rings is 1. The summed E-state index contributed by atoms with van der Waals surface area (Å²) < 4.78 is 9.95. The maximum atomic E-state index is 11.5. The summed E-state index contributed by atoms with van der Waals surface area (Å²) in [5, 5.41) is 2.31. The van der Waals surface area contributed by atoms with Crippen molar-refractivity contribution in [3.05, 3.63) is 36.4 Å². The highest BCUT2D eigenvalue weighted by molar-refractivity contribution is 5.99. The Morgan fingerprint density at radius 1 is 1.37 bits per heavy atom. The van der Waals surface area contributed by atoms with Crippen LogP contribution in [0.1, 0.15) is 10.6 Å². The molecule has 0 atom stereocenters. The number of anilines is 1. The van der Waals surface area contributed by atoms with E-state index in [1.165, 1.54) is 13.2 Å². The molecule has 0 spiro atoms. The summed E-state index contributed by atoms with van der Waals surface area (Å²) in [6.07, 6.45) is 3.16. The van der Waals surface area contributed by atoms with Crippen LogP contribution in [0.2, 0.25) is 0 Å². The summed E-state index contributed by atoms with van der Waals surface area (Å²) in [5.74, 6) is -0.427. The number of carbonyl (C=O) groups is 2. The Morgan fingerprint density at radius 3 is 2.63 bits per heavy atom. The smallest absolute Gasteiger partial charge is 0.376 e. The quantitative estimate of drug-likeness (QED) is 0.816. The molecule has 0 bridgehead atoms. The summed E-state index contributed by atoms with van der Waals surface area (Å²) in [5.41, 5.74) is 5.89. The number of hydrogen-bond donors (Lipinski definition) is 2. The molecule has 0 fully saturated rings. The lowest BCUT2D eigenvalue weighted by molar-refractivity contribution is 0.0567. The number of primary amides is 1. The molecule has 19 heavy (non-hydrogen) atoms. The van der Waals surface area contributed by atoms with Crippen LogP contribution in [0.4, 0.5) is 10.5 Å². The Labute approximate surface area is 108 Å². The molecule has 7 nitrogen and oxygen atoms in total. The zero-order valence-electron chi connectivity index (χ0n) is 10.0. The second kappa shape index (κ2) is 5.21. The van der Waals surface area contributed by atoms with Gasteiger partial charge in [0.25, 0.3) is 0 Å². The summed E-state index contributed by atoms with van der Waals surface area (Å²) in [6, 6.07) is 4.10. The molecule has 0 aliphatic carbocycles. The van der Waals surface area contributed by atoms with E-state index in [1.807, 2.05) is 0 Å². The average Bonchev–Trinajstić information content (AvgIpc) is 2.82. The number of rotatable bonds is 3. The van der Waals surface area contributed by atoms with Crippen molar-refractivity contribution in [1.29, 1.82) is 0 Å². The third-order valence-electron chi connectivity index (χ3n) is 2.33. The van der Waals surface area contributed by atoms with Crippen molar-refractivity contribution in [2.45, 2.75) is 0 Å². The lowest BCUT2D eigenvalue weighted by atomic mass is 10.2. The minimum absolute atomic E-state index is 0.117. The van der Waals surface area contributed by atoms with Crippen molar-refractivity contribution in [1.82, 2.24) is 4.98 Å². The minimum atomic E-state index is -0.799. The van der Waals surface area contributed by atoms with Crippen molar-refractivity contribution in [3.63, 3.8) is 0 Å². The van der Waals surface area contributed by atoms with Crippen molar-refractivity contribution in [3.8, 4) is 11.3 Å². The molecule has 0 aromatic carbocycles. The van der Waals surface area contributed by atoms with Gasteiger partial charge in [-0.05, 0) is 12.1 Å². The van der Waals surface area contributed by atoms with E-state index in [-0.39, 0.29) is 11.4 Å². The van der Waals surface area contributed by atoms with Crippen molar-refractivity contribution in [2.75, 3.05) is 12.4 Å². The van der Waals surface area contributed by atoms with Crippen LogP contribution < -0.4 is 11.1 Å². The number of esters is 1. The standard InChI is InChI=1S/C12H11N3O4/c1-18-11(16)10-8(15-12(13)17)6-9(19-10)7-2-4-14-5-3-7/h2-6H,1H3,(H3,13,15,17). The third-order valence-corrected chi connectivity index (χ3v) is 2.33. The summed E-state index contributed by atoms with van der Waals surface area (Å²) in [6.45, 7) is 0. The molecule has 2 amide bonds. The Kier molecular flexibility index (Phi) is 3.46. The predicted octanol–water partition coefficient (Wildman–Crippen LogP) is 1.62. The number of amides is 2. The SMILES string of the molecule is COC(=O)c1oc(-c2ccncc2)cc1NC(N)=O. The van der Waals surface area contributed by atoms with Gasteiger partial charge in [0.1, 0.15) is 5.76 Å². The second-order valence-electron chi connectivity index (χ2n) is 3.57. The van der Waals surface area contributed by atoms with Gasteiger partial charge in [0.05, 0.1) is 12.8 Å². The Morgan fingerprint density at radius 2 is 2.05 bits per heavy atom. The van der Waals surface area contributed by atoms with Gasteiger partial charge in [-0.1, -0.05) is 0 Å². The number of nitrogens with two attached hydrogens (primary N) is 1. The molecule has 2 aromatic rings. The number of aromatic nitrogens is 1. The zero-order chi connectivity index (χ0) is 13.8. The second-order valence-corrected chi connectivity index (χ2v) is 3.57. The van der Waals surface area contributed by atoms with Crippen molar-refractivity contribution < 1.29 is 18.7 Å². The van der Waals surface area contributed by atoms with Gasteiger partial charge in [0.15, 0.2) is 0 Å². The van der Waals surface area contributed by atoms with Gasteiger partial charge >= 0.3 is 12.0 Å². The van der Waals surface area contributed by atoms with Gasteiger partial charge in [-0.15, -0.1) is 0 Å². The lowest BCUT2D eigenvalue weighted by Crippen LogP contribution is -2.20. The van der Waals surface area contributed by atoms with Gasteiger partial charge < -0.3 is 20.2 Å². The number of nitrogens with one attached hydrogen (secondary N) is 1. The first-order valence-electron chi connectivity index (χ1n) is 5.31. The average molecular weight is 261 g/mol. The molecule has 98 valence electrons. The zero-order valence-corrected chi connectivity index (χ0v) is 10.0. The number of urea groups is 1. The monoisotopic (exact) mass is 261 g/mol. The first-order chi connectivity index (χ1) is 9.11. The van der Waals surface area contributed by atoms with E-state index in [1.54, 1.807) is 24.5 Å². The van der Waals surface area contributed by atoms with Gasteiger partial charge in [-0.2, -0.15) is 0 Å². The number of nitrogens with zero attached hydrogens (tertiary/aromatic N) is 1. The van der Waals surface area contributed by atoms with Crippen LogP contribution >= 0.6 is 0 Å². The molecule has 0 aliphatic rings. The normalized spacial score (nSPS) is 9.95. The van der Waals surface area contributed by atoms with E-state index in [2.05, 4.69) is 15.0 Å². The van der Waals surface area contributed by atoms with Crippen molar-refractivity contribution >= 4 is 17.7 Å². The molecule has 3 N–H and O–H groups in total. The van der Waals surface area contributed by atoms with Crippen LogP contribution in [-0.2, 0) is 4.74 Å². The molecule has 2 heterocycles. The van der Waals surface area contributed by atoms with Gasteiger partial charge in [-0.25, -0.2) is 9.59 Å². The molecule has 0 unspecified atom stereocenters. The van der Waals surface area contributed by atoms with E-state index in [0.717, 1.165) is 0 Å². The van der Waals surface area contributed by atoms with E-state index in [9.17, 15) is 9.59 Å². The first-order valence-corrected chi connectivity index (χ1v) is 5.31. The fourth-order valence-corrected chi connectivity index (χ4v) is 1.52. The van der Waals surface area contributed by atoms with E-state index in [0.29, 0.717) is 11.3 Å². The summed E-state index contributed by atoms with van der Waals surface area (Å²) >= 11 is 0. The molecule has 0 saturated heterocycles. The van der Waals surface area contributed by atoms with Gasteiger partial charge in [0.2, 0.25) is 5.76 Å². The number of methoxy groups -OCH3 is 1. The molecule has 2 rings (SSSR count). The molecule has 0 radical (unpaired) electrons. The minimum Gasteiger partial charge on any atom is -0.463 e.